The second-order valence-electron chi connectivity index (χ2n) is 4.84. The number of aliphatic imine (C=N–C) groups is 1. The van der Waals surface area contributed by atoms with Crippen LogP contribution in [0.3, 0.4) is 0 Å². The maximum Gasteiger partial charge on any atom is 0.331 e. The van der Waals surface area contributed by atoms with Gasteiger partial charge in [0.15, 0.2) is 0 Å². The minimum atomic E-state index is -4.33. The summed E-state index contributed by atoms with van der Waals surface area (Å²) in [6.07, 6.45) is 0.149. The SMILES string of the molecule is O=P(O)(O)C(Cc1ccccc1)=N[c-]1cccc1.[Fe].[cH-]1[cH-][cH-][cH-][cH-]1. The van der Waals surface area contributed by atoms with E-state index in [0.29, 0.717) is 5.69 Å². The Morgan fingerprint density at radius 3 is 1.92 bits per heavy atom. The van der Waals surface area contributed by atoms with Crippen molar-refractivity contribution in [1.82, 2.24) is 0 Å². The molecule has 0 aliphatic rings. The zero-order valence-corrected chi connectivity index (χ0v) is 14.8. The average molecular weight is 383 g/mol. The molecule has 0 amide bonds. The smallest absolute Gasteiger partial charge is 0.331 e. The van der Waals surface area contributed by atoms with Crippen LogP contribution in [-0.4, -0.2) is 15.2 Å². The van der Waals surface area contributed by atoms with Crippen LogP contribution in [0.25, 0.3) is 0 Å². The van der Waals surface area contributed by atoms with Gasteiger partial charge in [0.2, 0.25) is 0 Å². The molecule has 0 unspecified atom stereocenters. The molecule has 2 N–H and O–H groups in total. The van der Waals surface area contributed by atoms with E-state index in [1.165, 1.54) is 0 Å². The van der Waals surface area contributed by atoms with E-state index in [2.05, 4.69) is 4.99 Å². The molecule has 0 bridgehead atoms. The van der Waals surface area contributed by atoms with Crippen LogP contribution in [0.5, 0.6) is 0 Å². The largest absolute Gasteiger partial charge is 0.748 e. The predicted molar refractivity (Wildman–Crippen MR) is 93.4 cm³/mol. The van der Waals surface area contributed by atoms with Gasteiger partial charge in [0.05, 0.1) is 5.45 Å². The number of hydrogen-bond acceptors (Lipinski definition) is 2. The minimum absolute atomic E-state index is 0. The molecule has 0 heterocycles. The standard InChI is InChI=1S/C13H13NO3P.C5H5.Fe/c15-18(16,17)13(14-12-8-4-5-9-12)10-11-6-2-1-3-7-11;1-2-4-5-3-1;/h1-9H,10H2,(H2,15,16,17);1-5H;/q-1;-5;. The van der Waals surface area contributed by atoms with Gasteiger partial charge in [0.1, 0.15) is 0 Å². The van der Waals surface area contributed by atoms with Gasteiger partial charge >= 0.3 is 7.60 Å². The van der Waals surface area contributed by atoms with Gasteiger partial charge in [-0.25, -0.2) is 0 Å². The first-order valence-electron chi connectivity index (χ1n) is 7.12. The van der Waals surface area contributed by atoms with Crippen molar-refractivity contribution >= 4 is 18.7 Å². The summed E-state index contributed by atoms with van der Waals surface area (Å²) in [5.74, 6) is 0. The van der Waals surface area contributed by atoms with Crippen molar-refractivity contribution in [3.05, 3.63) is 90.5 Å². The van der Waals surface area contributed by atoms with Crippen molar-refractivity contribution in [2.24, 2.45) is 4.99 Å². The van der Waals surface area contributed by atoms with E-state index in [1.807, 2.05) is 60.7 Å². The molecule has 0 radical (unpaired) electrons. The van der Waals surface area contributed by atoms with E-state index < -0.39 is 7.60 Å². The molecule has 0 saturated carbocycles. The fourth-order valence-corrected chi connectivity index (χ4v) is 2.53. The topological polar surface area (TPSA) is 69.9 Å². The first-order valence-corrected chi connectivity index (χ1v) is 8.73. The molecule has 24 heavy (non-hydrogen) atoms. The molecule has 0 aliphatic heterocycles. The van der Waals surface area contributed by atoms with E-state index in [-0.39, 0.29) is 28.9 Å². The molecule has 0 spiro atoms. The van der Waals surface area contributed by atoms with Crippen LogP contribution in [-0.2, 0) is 28.1 Å². The Balaban J connectivity index is 0.000000412. The molecule has 0 saturated heterocycles. The van der Waals surface area contributed by atoms with Crippen LogP contribution in [0, 0.1) is 0 Å². The second-order valence-corrected chi connectivity index (χ2v) is 6.44. The fraction of sp³-hybridized carbons (Fsp3) is 0.0556. The Kier molecular flexibility index (Phi) is 8.62. The Hall–Kier alpha value is -1.74. The van der Waals surface area contributed by atoms with Crippen LogP contribution in [0.15, 0.2) is 89.9 Å². The van der Waals surface area contributed by atoms with Gasteiger partial charge in [0.25, 0.3) is 0 Å². The van der Waals surface area contributed by atoms with Crippen LogP contribution in [0.1, 0.15) is 5.56 Å². The molecule has 0 atom stereocenters. The van der Waals surface area contributed by atoms with Crippen LogP contribution in [0.2, 0.25) is 0 Å². The molecule has 4 nitrogen and oxygen atoms in total. The maximum absolute atomic E-state index is 11.4. The van der Waals surface area contributed by atoms with E-state index in [1.54, 1.807) is 24.3 Å². The summed E-state index contributed by atoms with van der Waals surface area (Å²) in [4.78, 5) is 22.7. The first-order chi connectivity index (χ1) is 11.1. The van der Waals surface area contributed by atoms with Crippen molar-refractivity contribution in [2.75, 3.05) is 0 Å². The van der Waals surface area contributed by atoms with Crippen molar-refractivity contribution in [2.45, 2.75) is 6.42 Å². The molecule has 3 rings (SSSR count). The number of benzene rings is 1. The molecule has 6 heteroatoms. The van der Waals surface area contributed by atoms with Gasteiger partial charge in [0, 0.05) is 17.1 Å². The van der Waals surface area contributed by atoms with Gasteiger partial charge < -0.3 is 45.1 Å². The number of hydrogen-bond donors (Lipinski definition) is 2. The molecule has 3 aromatic rings. The monoisotopic (exact) mass is 383 g/mol. The Labute approximate surface area is 152 Å². The molecule has 132 valence electrons. The third kappa shape index (κ3) is 7.22. The van der Waals surface area contributed by atoms with Gasteiger partial charge in [-0.15, -0.1) is 12.1 Å². The van der Waals surface area contributed by atoms with Crippen molar-refractivity contribution < 1.29 is 31.4 Å². The predicted octanol–water partition coefficient (Wildman–Crippen LogP) is 4.26. The third-order valence-corrected chi connectivity index (χ3v) is 3.93. The van der Waals surface area contributed by atoms with Crippen LogP contribution < -0.4 is 0 Å². The molecular formula is C18H18FeNO3P-6. The summed E-state index contributed by atoms with van der Waals surface area (Å²) in [5, 5.41) is 0. The van der Waals surface area contributed by atoms with Gasteiger partial charge in [-0.3, -0.25) is 4.57 Å². The molecule has 0 fully saturated rings. The number of rotatable bonds is 4. The van der Waals surface area contributed by atoms with Crippen LogP contribution >= 0.6 is 7.60 Å². The molecular weight excluding hydrogens is 365 g/mol. The summed E-state index contributed by atoms with van der Waals surface area (Å²) in [6, 6.07) is 26.1. The molecule has 3 aromatic carbocycles. The molecule has 0 aromatic heterocycles. The number of nitrogens with zero attached hydrogens (tertiary/aromatic N) is 1. The summed E-state index contributed by atoms with van der Waals surface area (Å²) < 4.78 is 11.4. The Bertz CT molecular complexity index is 730. The zero-order valence-electron chi connectivity index (χ0n) is 12.8. The van der Waals surface area contributed by atoms with E-state index >= 15 is 0 Å². The third-order valence-electron chi connectivity index (χ3n) is 3.00. The Morgan fingerprint density at radius 2 is 1.46 bits per heavy atom. The summed E-state index contributed by atoms with van der Waals surface area (Å²) in [6.45, 7) is 0. The van der Waals surface area contributed by atoms with Crippen molar-refractivity contribution in [3.63, 3.8) is 0 Å². The fourth-order valence-electron chi connectivity index (χ4n) is 1.89. The normalized spacial score (nSPS) is 11.2. The molecule has 0 aliphatic carbocycles. The Morgan fingerprint density at radius 1 is 0.958 bits per heavy atom. The van der Waals surface area contributed by atoms with E-state index in [0.717, 1.165) is 5.56 Å². The van der Waals surface area contributed by atoms with Gasteiger partial charge in [-0.1, -0.05) is 35.9 Å². The average Bonchev–Trinajstić information content (AvgIpc) is 3.23. The first kappa shape index (κ1) is 20.3. The summed E-state index contributed by atoms with van der Waals surface area (Å²) in [7, 11) is -4.33. The van der Waals surface area contributed by atoms with Crippen molar-refractivity contribution in [1.29, 1.82) is 0 Å². The van der Waals surface area contributed by atoms with Crippen molar-refractivity contribution in [3.8, 4) is 0 Å². The quantitative estimate of drug-likeness (QED) is 0.306. The second kappa shape index (κ2) is 10.2. The zero-order chi connectivity index (χ0) is 16.5. The minimum Gasteiger partial charge on any atom is -0.748 e. The van der Waals surface area contributed by atoms with E-state index in [9.17, 15) is 14.4 Å². The van der Waals surface area contributed by atoms with Gasteiger partial charge in [-0.2, -0.15) is 12.1 Å². The van der Waals surface area contributed by atoms with Gasteiger partial charge in [-0.05, 0) is 12.1 Å². The maximum atomic E-state index is 11.4. The summed E-state index contributed by atoms with van der Waals surface area (Å²) >= 11 is 0. The van der Waals surface area contributed by atoms with Crippen LogP contribution in [0.4, 0.5) is 5.69 Å². The van der Waals surface area contributed by atoms with E-state index in [4.69, 9.17) is 0 Å². The summed E-state index contributed by atoms with van der Waals surface area (Å²) in [5.41, 5.74) is 1.27.